The molecule has 110 valence electrons. The van der Waals surface area contributed by atoms with Gasteiger partial charge < -0.3 is 9.80 Å². The van der Waals surface area contributed by atoms with Gasteiger partial charge in [-0.25, -0.2) is 0 Å². The smallest absolute Gasteiger partial charge is 0.340 e. The Morgan fingerprint density at radius 2 is 2.00 bits per heavy atom. The number of hydrogen-bond acceptors (Lipinski definition) is 1. The number of likely N-dealkylation sites (tertiary alicyclic amines) is 1. The molecule has 2 atom stereocenters. The van der Waals surface area contributed by atoms with Crippen LogP contribution in [0.25, 0.3) is 0 Å². The predicted molar refractivity (Wildman–Crippen MR) is 68.7 cm³/mol. The number of benzene rings is 1. The van der Waals surface area contributed by atoms with Gasteiger partial charge in [0.2, 0.25) is 0 Å². The molecule has 0 aromatic heterocycles. The SMILES string of the molecule is C[N+]1(Cc2ccccc2)CCC(NC(=O)C(F)(F)F)C1. The van der Waals surface area contributed by atoms with Gasteiger partial charge in [0.15, 0.2) is 0 Å². The molecule has 0 saturated carbocycles. The monoisotopic (exact) mass is 287 g/mol. The van der Waals surface area contributed by atoms with Gasteiger partial charge in [-0.1, -0.05) is 30.3 Å². The van der Waals surface area contributed by atoms with Crippen LogP contribution in [0.4, 0.5) is 13.2 Å². The number of carbonyl (C=O) groups excluding carboxylic acids is 1. The molecular weight excluding hydrogens is 269 g/mol. The highest BCUT2D eigenvalue weighted by molar-refractivity contribution is 5.81. The Labute approximate surface area is 116 Å². The first-order valence-corrected chi connectivity index (χ1v) is 6.54. The Kier molecular flexibility index (Phi) is 4.04. The standard InChI is InChI=1S/C14H17F3N2O/c1-19(9-11-5-3-2-4-6-11)8-7-12(10-19)18-13(20)14(15,16)17/h2-6,12H,7-10H2,1H3/p+1. The van der Waals surface area contributed by atoms with Crippen molar-refractivity contribution in [1.82, 2.24) is 5.32 Å². The summed E-state index contributed by atoms with van der Waals surface area (Å²) in [5.41, 5.74) is 1.15. The van der Waals surface area contributed by atoms with Crippen molar-refractivity contribution in [1.29, 1.82) is 0 Å². The van der Waals surface area contributed by atoms with Crippen molar-refractivity contribution in [2.45, 2.75) is 25.2 Å². The van der Waals surface area contributed by atoms with Crippen LogP contribution >= 0.6 is 0 Å². The van der Waals surface area contributed by atoms with Crippen LogP contribution in [0, 0.1) is 0 Å². The molecule has 1 heterocycles. The normalized spacial score (nSPS) is 26.5. The molecule has 1 aromatic carbocycles. The number of halogens is 3. The molecule has 20 heavy (non-hydrogen) atoms. The molecule has 1 aliphatic rings. The molecule has 0 bridgehead atoms. The van der Waals surface area contributed by atoms with Gasteiger partial charge in [0.05, 0.1) is 26.2 Å². The van der Waals surface area contributed by atoms with E-state index in [1.165, 1.54) is 0 Å². The van der Waals surface area contributed by atoms with Gasteiger partial charge in [-0.2, -0.15) is 13.2 Å². The van der Waals surface area contributed by atoms with Crippen LogP contribution in [0.3, 0.4) is 0 Å². The average Bonchev–Trinajstić information content (AvgIpc) is 2.70. The molecule has 1 aromatic rings. The maximum atomic E-state index is 12.2. The van der Waals surface area contributed by atoms with Gasteiger partial charge in [-0.05, 0) is 0 Å². The second-order valence-corrected chi connectivity index (χ2v) is 5.63. The second-order valence-electron chi connectivity index (χ2n) is 5.63. The maximum Gasteiger partial charge on any atom is 0.471 e. The third-order valence-electron chi connectivity index (χ3n) is 3.68. The average molecular weight is 287 g/mol. The van der Waals surface area contributed by atoms with E-state index in [1.54, 1.807) is 0 Å². The lowest BCUT2D eigenvalue weighted by molar-refractivity contribution is -0.911. The van der Waals surface area contributed by atoms with E-state index in [0.717, 1.165) is 18.7 Å². The van der Waals surface area contributed by atoms with Crippen molar-refractivity contribution in [3.8, 4) is 0 Å². The van der Waals surface area contributed by atoms with E-state index in [2.05, 4.69) is 5.32 Å². The van der Waals surface area contributed by atoms with Crippen LogP contribution in [0.1, 0.15) is 12.0 Å². The lowest BCUT2D eigenvalue weighted by Crippen LogP contribution is -2.47. The number of nitrogens with zero attached hydrogens (tertiary/aromatic N) is 1. The van der Waals surface area contributed by atoms with E-state index in [4.69, 9.17) is 0 Å². The summed E-state index contributed by atoms with van der Waals surface area (Å²) >= 11 is 0. The first kappa shape index (κ1) is 14.8. The van der Waals surface area contributed by atoms with Gasteiger partial charge in [-0.15, -0.1) is 0 Å². The Hall–Kier alpha value is -1.56. The number of nitrogens with one attached hydrogen (secondary N) is 1. The minimum atomic E-state index is -4.80. The number of hydrogen-bond donors (Lipinski definition) is 1. The molecule has 1 fully saturated rings. The predicted octanol–water partition coefficient (Wildman–Crippen LogP) is 2.08. The molecule has 1 aliphatic heterocycles. The van der Waals surface area contributed by atoms with E-state index in [9.17, 15) is 18.0 Å². The summed E-state index contributed by atoms with van der Waals surface area (Å²) < 4.78 is 37.3. The minimum absolute atomic E-state index is 0.405. The van der Waals surface area contributed by atoms with Crippen LogP contribution in [-0.4, -0.2) is 42.7 Å². The number of quaternary nitrogens is 1. The zero-order chi connectivity index (χ0) is 14.8. The molecule has 6 heteroatoms. The van der Waals surface area contributed by atoms with Crippen molar-refractivity contribution in [2.75, 3.05) is 20.1 Å². The lowest BCUT2D eigenvalue weighted by atomic mass is 10.2. The van der Waals surface area contributed by atoms with E-state index >= 15 is 0 Å². The lowest BCUT2D eigenvalue weighted by Gasteiger charge is -2.29. The molecule has 0 spiro atoms. The Balaban J connectivity index is 1.93. The molecule has 1 saturated heterocycles. The van der Waals surface area contributed by atoms with Gasteiger partial charge in [-0.3, -0.25) is 4.79 Å². The summed E-state index contributed by atoms with van der Waals surface area (Å²) in [4.78, 5) is 10.9. The molecular formula is C14H18F3N2O+. The number of alkyl halides is 3. The van der Waals surface area contributed by atoms with E-state index in [0.29, 0.717) is 17.4 Å². The second kappa shape index (κ2) is 5.44. The molecule has 2 unspecified atom stereocenters. The quantitative estimate of drug-likeness (QED) is 0.847. The van der Waals surface area contributed by atoms with Gasteiger partial charge in [0, 0.05) is 12.0 Å². The van der Waals surface area contributed by atoms with Crippen LogP contribution < -0.4 is 5.32 Å². The summed E-state index contributed by atoms with van der Waals surface area (Å²) in [6.07, 6.45) is -4.23. The minimum Gasteiger partial charge on any atom is -0.340 e. The number of amides is 1. The zero-order valence-electron chi connectivity index (χ0n) is 11.3. The van der Waals surface area contributed by atoms with Gasteiger partial charge >= 0.3 is 12.1 Å². The highest BCUT2D eigenvalue weighted by Gasteiger charge is 2.43. The molecule has 0 aliphatic carbocycles. The fraction of sp³-hybridized carbons (Fsp3) is 0.500. The summed E-state index contributed by atoms with van der Waals surface area (Å²) in [5.74, 6) is -1.84. The summed E-state index contributed by atoms with van der Waals surface area (Å²) in [5, 5.41) is 2.08. The first-order chi connectivity index (χ1) is 9.28. The van der Waals surface area contributed by atoms with Crippen molar-refractivity contribution in [3.05, 3.63) is 35.9 Å². The molecule has 1 N–H and O–H groups in total. The van der Waals surface area contributed by atoms with E-state index in [1.807, 2.05) is 37.4 Å². The fourth-order valence-corrected chi connectivity index (χ4v) is 2.73. The van der Waals surface area contributed by atoms with Crippen LogP contribution in [-0.2, 0) is 11.3 Å². The topological polar surface area (TPSA) is 29.1 Å². The molecule has 2 rings (SSSR count). The number of carbonyl (C=O) groups is 1. The number of rotatable bonds is 3. The largest absolute Gasteiger partial charge is 0.471 e. The molecule has 3 nitrogen and oxygen atoms in total. The highest BCUT2D eigenvalue weighted by Crippen LogP contribution is 2.22. The van der Waals surface area contributed by atoms with Crippen molar-refractivity contribution >= 4 is 5.91 Å². The Bertz CT molecular complexity index is 475. The van der Waals surface area contributed by atoms with E-state index in [-0.39, 0.29) is 0 Å². The van der Waals surface area contributed by atoms with Gasteiger partial charge in [0.25, 0.3) is 0 Å². The molecule has 0 radical (unpaired) electrons. The third kappa shape index (κ3) is 3.72. The van der Waals surface area contributed by atoms with E-state index < -0.39 is 18.1 Å². The zero-order valence-corrected chi connectivity index (χ0v) is 11.3. The molecule has 1 amide bonds. The van der Waals surface area contributed by atoms with Crippen LogP contribution in [0.15, 0.2) is 30.3 Å². The first-order valence-electron chi connectivity index (χ1n) is 6.54. The summed E-state index contributed by atoms with van der Waals surface area (Å²) in [6.45, 7) is 2.05. The van der Waals surface area contributed by atoms with Crippen molar-refractivity contribution in [3.63, 3.8) is 0 Å². The Morgan fingerprint density at radius 3 is 2.60 bits per heavy atom. The fourth-order valence-electron chi connectivity index (χ4n) is 2.73. The maximum absolute atomic E-state index is 12.2. The van der Waals surface area contributed by atoms with Crippen LogP contribution in [0.5, 0.6) is 0 Å². The third-order valence-corrected chi connectivity index (χ3v) is 3.68. The van der Waals surface area contributed by atoms with Crippen molar-refractivity contribution in [2.24, 2.45) is 0 Å². The number of likely N-dealkylation sites (N-methyl/N-ethyl adjacent to an activating group) is 1. The summed E-state index contributed by atoms with van der Waals surface area (Å²) in [7, 11) is 2.01. The van der Waals surface area contributed by atoms with Crippen molar-refractivity contribution < 1.29 is 22.4 Å². The summed E-state index contributed by atoms with van der Waals surface area (Å²) in [6, 6.07) is 9.43. The van der Waals surface area contributed by atoms with Crippen LogP contribution in [0.2, 0.25) is 0 Å². The highest BCUT2D eigenvalue weighted by atomic mass is 19.4. The van der Waals surface area contributed by atoms with Gasteiger partial charge in [0.1, 0.15) is 6.54 Å². The Morgan fingerprint density at radius 1 is 1.35 bits per heavy atom.